The molecular weight excluding hydrogens is 363 g/mol. The molecule has 0 saturated heterocycles. The molecule has 1 aromatic carbocycles. The molecule has 0 unspecified atom stereocenters. The van der Waals surface area contributed by atoms with E-state index in [1.165, 1.54) is 31.2 Å². The van der Waals surface area contributed by atoms with Gasteiger partial charge in [-0.3, -0.25) is 4.79 Å². The van der Waals surface area contributed by atoms with Gasteiger partial charge in [-0.05, 0) is 27.9 Å². The molecule has 2 nitrogen and oxygen atoms in total. The van der Waals surface area contributed by atoms with Gasteiger partial charge in [0.15, 0.2) is 6.61 Å². The molecule has 0 bridgehead atoms. The quantitative estimate of drug-likeness (QED) is 0.289. The molecule has 0 N–H and O–H groups in total. The lowest BCUT2D eigenvalue weighted by Crippen LogP contribution is -2.08. The minimum atomic E-state index is -0.222. The van der Waals surface area contributed by atoms with Gasteiger partial charge in [-0.1, -0.05) is 56.4 Å². The molecule has 0 fully saturated rings. The van der Waals surface area contributed by atoms with E-state index in [1.807, 2.05) is 34.7 Å². The Bertz CT molecular complexity index is 454. The molecule has 20 heavy (non-hydrogen) atoms. The first-order valence-corrected chi connectivity index (χ1v) is 8.16. The maximum Gasteiger partial charge on any atom is 0.311 e. The van der Waals surface area contributed by atoms with Gasteiger partial charge in [0.1, 0.15) is 0 Å². The third-order valence-electron chi connectivity index (χ3n) is 3.06. The Morgan fingerprint density at radius 3 is 2.50 bits per heavy atom. The van der Waals surface area contributed by atoms with Crippen molar-refractivity contribution in [3.8, 4) is 9.85 Å². The highest BCUT2D eigenvalue weighted by Crippen LogP contribution is 2.10. The lowest BCUT2D eigenvalue weighted by atomic mass is 10.0. The maximum absolute atomic E-state index is 11.5. The average Bonchev–Trinajstić information content (AvgIpc) is 2.46. The molecule has 0 aliphatic carbocycles. The normalized spacial score (nSPS) is 9.70. The van der Waals surface area contributed by atoms with E-state index in [2.05, 4.69) is 28.9 Å². The van der Waals surface area contributed by atoms with Gasteiger partial charge in [-0.25, -0.2) is 0 Å². The third-order valence-corrected chi connectivity index (χ3v) is 3.44. The topological polar surface area (TPSA) is 26.3 Å². The van der Waals surface area contributed by atoms with Gasteiger partial charge in [-0.2, -0.15) is 0 Å². The Hall–Kier alpha value is -1.02. The molecule has 0 saturated carbocycles. The van der Waals surface area contributed by atoms with E-state index in [1.54, 1.807) is 0 Å². The SMILES string of the molecule is CCCCCCc1ccc(CC(=O)OCC#CI)cc1. The fraction of sp³-hybridized carbons (Fsp3) is 0.471. The summed E-state index contributed by atoms with van der Waals surface area (Å²) >= 11 is 1.92. The van der Waals surface area contributed by atoms with E-state index in [0.29, 0.717) is 6.42 Å². The minimum Gasteiger partial charge on any atom is -0.452 e. The first kappa shape index (κ1) is 17.0. The summed E-state index contributed by atoms with van der Waals surface area (Å²) in [7, 11) is 0. The zero-order chi connectivity index (χ0) is 14.6. The number of unbranched alkanes of at least 4 members (excludes halogenated alkanes) is 3. The van der Waals surface area contributed by atoms with Crippen molar-refractivity contribution in [3.63, 3.8) is 0 Å². The van der Waals surface area contributed by atoms with E-state index in [4.69, 9.17) is 4.74 Å². The molecule has 3 heteroatoms. The summed E-state index contributed by atoms with van der Waals surface area (Å²) in [5.74, 6) is 2.48. The molecule has 0 radical (unpaired) electrons. The predicted molar refractivity (Wildman–Crippen MR) is 90.7 cm³/mol. The maximum atomic E-state index is 11.5. The number of ether oxygens (including phenoxy) is 1. The van der Waals surface area contributed by atoms with Crippen LogP contribution in [0.2, 0.25) is 0 Å². The van der Waals surface area contributed by atoms with Crippen LogP contribution in [0.25, 0.3) is 0 Å². The fourth-order valence-electron chi connectivity index (χ4n) is 1.94. The first-order valence-electron chi connectivity index (χ1n) is 7.08. The lowest BCUT2D eigenvalue weighted by Gasteiger charge is -2.04. The molecule has 1 aromatic rings. The molecular formula is C17H21IO2. The van der Waals surface area contributed by atoms with Crippen LogP contribution >= 0.6 is 22.6 Å². The minimum absolute atomic E-state index is 0.178. The molecule has 108 valence electrons. The molecule has 0 amide bonds. The number of carbonyl (C=O) groups excluding carboxylic acids is 1. The molecule has 0 atom stereocenters. The van der Waals surface area contributed by atoms with Crippen LogP contribution in [0.1, 0.15) is 43.7 Å². The number of esters is 1. The van der Waals surface area contributed by atoms with Gasteiger partial charge in [0.05, 0.1) is 6.42 Å². The monoisotopic (exact) mass is 384 g/mol. The Kier molecular flexibility index (Phi) is 9.14. The van der Waals surface area contributed by atoms with Gasteiger partial charge in [0, 0.05) is 22.6 Å². The van der Waals surface area contributed by atoms with Crippen LogP contribution in [-0.4, -0.2) is 12.6 Å². The van der Waals surface area contributed by atoms with Crippen LogP contribution < -0.4 is 0 Å². The van der Waals surface area contributed by atoms with E-state index < -0.39 is 0 Å². The van der Waals surface area contributed by atoms with Crippen LogP contribution in [0.5, 0.6) is 0 Å². The van der Waals surface area contributed by atoms with Gasteiger partial charge in [0.25, 0.3) is 0 Å². The van der Waals surface area contributed by atoms with Crippen molar-refractivity contribution in [2.24, 2.45) is 0 Å². The molecule has 0 aromatic heterocycles. The summed E-state index contributed by atoms with van der Waals surface area (Å²) < 4.78 is 7.66. The van der Waals surface area contributed by atoms with Crippen molar-refractivity contribution < 1.29 is 9.53 Å². The summed E-state index contributed by atoms with van der Waals surface area (Å²) in [6, 6.07) is 8.25. The second-order valence-corrected chi connectivity index (χ2v) is 5.28. The average molecular weight is 384 g/mol. The van der Waals surface area contributed by atoms with Gasteiger partial charge in [0.2, 0.25) is 0 Å². The van der Waals surface area contributed by atoms with Gasteiger partial charge in [-0.15, -0.1) is 0 Å². The number of benzene rings is 1. The highest BCUT2D eigenvalue weighted by molar-refractivity contribution is 14.1. The lowest BCUT2D eigenvalue weighted by molar-refractivity contribution is -0.141. The zero-order valence-electron chi connectivity index (χ0n) is 12.0. The zero-order valence-corrected chi connectivity index (χ0v) is 14.1. The smallest absolute Gasteiger partial charge is 0.311 e. The molecule has 0 heterocycles. The largest absolute Gasteiger partial charge is 0.452 e. The summed E-state index contributed by atoms with van der Waals surface area (Å²) in [6.45, 7) is 2.40. The molecule has 0 spiro atoms. The summed E-state index contributed by atoms with van der Waals surface area (Å²) in [5, 5.41) is 0. The first-order chi connectivity index (χ1) is 9.76. The number of hydrogen-bond acceptors (Lipinski definition) is 2. The Labute approximate surface area is 135 Å². The summed E-state index contributed by atoms with van der Waals surface area (Å²) in [6.07, 6.45) is 6.55. The highest BCUT2D eigenvalue weighted by Gasteiger charge is 2.04. The predicted octanol–water partition coefficient (Wildman–Crippen LogP) is 4.29. The second-order valence-electron chi connectivity index (χ2n) is 4.74. The van der Waals surface area contributed by atoms with Crippen LogP contribution in [0.3, 0.4) is 0 Å². The van der Waals surface area contributed by atoms with Crippen molar-refractivity contribution in [2.75, 3.05) is 6.61 Å². The summed E-state index contributed by atoms with van der Waals surface area (Å²) in [4.78, 5) is 11.5. The second kappa shape index (κ2) is 10.7. The number of carbonyl (C=O) groups is 1. The Balaban J connectivity index is 2.33. The van der Waals surface area contributed by atoms with Crippen LogP contribution in [-0.2, 0) is 22.4 Å². The number of rotatable bonds is 8. The number of halogens is 1. The Morgan fingerprint density at radius 1 is 1.15 bits per heavy atom. The van der Waals surface area contributed by atoms with Crippen LogP contribution in [0.15, 0.2) is 24.3 Å². The van der Waals surface area contributed by atoms with Crippen LogP contribution in [0, 0.1) is 9.85 Å². The Morgan fingerprint density at radius 2 is 1.85 bits per heavy atom. The van der Waals surface area contributed by atoms with E-state index in [9.17, 15) is 4.79 Å². The number of aryl methyl sites for hydroxylation is 1. The molecule has 0 aliphatic rings. The van der Waals surface area contributed by atoms with Crippen molar-refractivity contribution in [3.05, 3.63) is 35.4 Å². The van der Waals surface area contributed by atoms with Gasteiger partial charge < -0.3 is 4.74 Å². The van der Waals surface area contributed by atoms with Crippen molar-refractivity contribution >= 4 is 28.6 Å². The highest BCUT2D eigenvalue weighted by atomic mass is 127. The van der Waals surface area contributed by atoms with Crippen molar-refractivity contribution in [1.82, 2.24) is 0 Å². The summed E-state index contributed by atoms with van der Waals surface area (Å²) in [5.41, 5.74) is 2.34. The van der Waals surface area contributed by atoms with E-state index in [-0.39, 0.29) is 12.6 Å². The van der Waals surface area contributed by atoms with E-state index >= 15 is 0 Å². The number of hydrogen-bond donors (Lipinski definition) is 0. The fourth-order valence-corrected chi connectivity index (χ4v) is 2.10. The third kappa shape index (κ3) is 7.54. The molecule has 0 aliphatic heterocycles. The molecule has 1 rings (SSSR count). The van der Waals surface area contributed by atoms with E-state index in [0.717, 1.165) is 12.0 Å². The van der Waals surface area contributed by atoms with Gasteiger partial charge >= 0.3 is 5.97 Å². The standard InChI is InChI=1S/C17H21IO2/c1-2-3-4-5-7-15-8-10-16(11-9-15)14-17(19)20-13-6-12-18/h8-11H,2-5,7,13-14H2,1H3. The van der Waals surface area contributed by atoms with Crippen molar-refractivity contribution in [2.45, 2.75) is 45.4 Å². The van der Waals surface area contributed by atoms with Crippen molar-refractivity contribution in [1.29, 1.82) is 0 Å². The van der Waals surface area contributed by atoms with Crippen LogP contribution in [0.4, 0.5) is 0 Å².